The van der Waals surface area contributed by atoms with Crippen LogP contribution in [-0.4, -0.2) is 40.7 Å². The second kappa shape index (κ2) is 9.85. The van der Waals surface area contributed by atoms with E-state index in [2.05, 4.69) is 17.2 Å². The Labute approximate surface area is 142 Å². The number of aliphatic hydroxyl groups is 2. The van der Waals surface area contributed by atoms with Gasteiger partial charge in [0.05, 0.1) is 18.8 Å². The lowest BCUT2D eigenvalue weighted by Crippen LogP contribution is -2.48. The van der Waals surface area contributed by atoms with E-state index in [9.17, 15) is 14.7 Å². The van der Waals surface area contributed by atoms with Crippen molar-refractivity contribution in [2.24, 2.45) is 5.92 Å². The summed E-state index contributed by atoms with van der Waals surface area (Å²) >= 11 is 0. The van der Waals surface area contributed by atoms with Crippen LogP contribution >= 0.6 is 0 Å². The molecule has 0 aromatic heterocycles. The number of carbonyl (C=O) groups is 2. The second-order valence-corrected chi connectivity index (χ2v) is 5.82. The molecule has 1 aromatic rings. The van der Waals surface area contributed by atoms with Gasteiger partial charge >= 0.3 is 0 Å². The van der Waals surface area contributed by atoms with E-state index in [1.54, 1.807) is 38.1 Å². The van der Waals surface area contributed by atoms with Gasteiger partial charge in [0.1, 0.15) is 5.92 Å². The van der Waals surface area contributed by atoms with E-state index in [1.165, 1.54) is 6.08 Å². The second-order valence-electron chi connectivity index (χ2n) is 5.82. The molecule has 24 heavy (non-hydrogen) atoms. The molecule has 1 unspecified atom stereocenters. The summed E-state index contributed by atoms with van der Waals surface area (Å²) in [5.41, 5.74) is 0.684. The van der Waals surface area contributed by atoms with Crippen molar-refractivity contribution in [3.63, 3.8) is 0 Å². The highest BCUT2D eigenvalue weighted by Crippen LogP contribution is 2.17. The van der Waals surface area contributed by atoms with Crippen LogP contribution in [0.25, 0.3) is 0 Å². The lowest BCUT2D eigenvalue weighted by atomic mass is 10.00. The molecule has 6 heteroatoms. The predicted molar refractivity (Wildman–Crippen MR) is 92.0 cm³/mol. The van der Waals surface area contributed by atoms with Crippen molar-refractivity contribution in [3.05, 3.63) is 48.6 Å². The van der Waals surface area contributed by atoms with Crippen molar-refractivity contribution in [2.45, 2.75) is 38.5 Å². The van der Waals surface area contributed by atoms with E-state index in [0.29, 0.717) is 5.56 Å². The highest BCUT2D eigenvalue weighted by atomic mass is 16.3. The summed E-state index contributed by atoms with van der Waals surface area (Å²) in [4.78, 5) is 24.6. The molecule has 2 amide bonds. The van der Waals surface area contributed by atoms with E-state index in [-0.39, 0.29) is 13.0 Å². The summed E-state index contributed by atoms with van der Waals surface area (Å²) in [6, 6.07) is 7.98. The maximum absolute atomic E-state index is 12.4. The zero-order valence-electron chi connectivity index (χ0n) is 14.1. The quantitative estimate of drug-likeness (QED) is 0.398. The number of carbonyl (C=O) groups excluding carboxylic acids is 2. The van der Waals surface area contributed by atoms with Crippen molar-refractivity contribution in [1.82, 2.24) is 10.6 Å². The molecule has 0 saturated heterocycles. The monoisotopic (exact) mass is 334 g/mol. The number of amides is 2. The van der Waals surface area contributed by atoms with E-state index in [1.807, 2.05) is 6.07 Å². The van der Waals surface area contributed by atoms with Crippen LogP contribution in [0.1, 0.15) is 31.9 Å². The topological polar surface area (TPSA) is 98.7 Å². The minimum absolute atomic E-state index is 0.171. The Hall–Kier alpha value is -2.18. The van der Waals surface area contributed by atoms with Crippen molar-refractivity contribution in [3.8, 4) is 0 Å². The van der Waals surface area contributed by atoms with E-state index < -0.39 is 35.9 Å². The van der Waals surface area contributed by atoms with Gasteiger partial charge in [-0.2, -0.15) is 0 Å². The SMILES string of the molecule is C=CCC(C(=O)N[C@H](C)CO)C(=O)N[C@H](C)[C@@H](O)c1ccccc1. The van der Waals surface area contributed by atoms with Gasteiger partial charge in [0.25, 0.3) is 0 Å². The summed E-state index contributed by atoms with van der Waals surface area (Å²) in [5.74, 6) is -1.92. The first-order valence-electron chi connectivity index (χ1n) is 7.96. The molecule has 0 aliphatic heterocycles. The molecule has 0 spiro atoms. The van der Waals surface area contributed by atoms with Crippen LogP contribution in [0.3, 0.4) is 0 Å². The van der Waals surface area contributed by atoms with Crippen LogP contribution in [0, 0.1) is 5.92 Å². The lowest BCUT2D eigenvalue weighted by Gasteiger charge is -2.24. The molecular formula is C18H26N2O4. The minimum Gasteiger partial charge on any atom is -0.394 e. The van der Waals surface area contributed by atoms with Gasteiger partial charge in [0.2, 0.25) is 11.8 Å². The third-order valence-electron chi connectivity index (χ3n) is 3.68. The van der Waals surface area contributed by atoms with Gasteiger partial charge in [-0.15, -0.1) is 6.58 Å². The van der Waals surface area contributed by atoms with Gasteiger partial charge < -0.3 is 20.8 Å². The number of hydrogen-bond donors (Lipinski definition) is 4. The first-order valence-corrected chi connectivity index (χ1v) is 7.96. The first-order chi connectivity index (χ1) is 11.4. The summed E-state index contributed by atoms with van der Waals surface area (Å²) < 4.78 is 0. The van der Waals surface area contributed by atoms with Gasteiger partial charge in [-0.05, 0) is 25.8 Å². The molecule has 0 aliphatic rings. The molecular weight excluding hydrogens is 308 g/mol. The van der Waals surface area contributed by atoms with Crippen molar-refractivity contribution >= 4 is 11.8 Å². The molecule has 4 N–H and O–H groups in total. The average molecular weight is 334 g/mol. The highest BCUT2D eigenvalue weighted by molar-refractivity contribution is 6.00. The van der Waals surface area contributed by atoms with Crippen molar-refractivity contribution in [1.29, 1.82) is 0 Å². The number of nitrogens with one attached hydrogen (secondary N) is 2. The van der Waals surface area contributed by atoms with Crippen LogP contribution in [0.2, 0.25) is 0 Å². The maximum Gasteiger partial charge on any atom is 0.233 e. The zero-order valence-corrected chi connectivity index (χ0v) is 14.1. The molecule has 132 valence electrons. The van der Waals surface area contributed by atoms with Crippen LogP contribution in [0.15, 0.2) is 43.0 Å². The number of benzene rings is 1. The Balaban J connectivity index is 2.73. The Morgan fingerprint density at radius 3 is 2.29 bits per heavy atom. The Morgan fingerprint density at radius 1 is 1.17 bits per heavy atom. The van der Waals surface area contributed by atoms with Crippen LogP contribution in [0.4, 0.5) is 0 Å². The van der Waals surface area contributed by atoms with Gasteiger partial charge in [-0.3, -0.25) is 9.59 Å². The number of aliphatic hydroxyl groups excluding tert-OH is 2. The smallest absolute Gasteiger partial charge is 0.233 e. The fourth-order valence-electron chi connectivity index (χ4n) is 2.23. The largest absolute Gasteiger partial charge is 0.394 e. The van der Waals surface area contributed by atoms with Gasteiger partial charge in [0.15, 0.2) is 0 Å². The predicted octanol–water partition coefficient (Wildman–Crippen LogP) is 0.914. The summed E-state index contributed by atoms with van der Waals surface area (Å²) in [6.45, 7) is 6.67. The van der Waals surface area contributed by atoms with Crippen molar-refractivity contribution in [2.75, 3.05) is 6.61 Å². The summed E-state index contributed by atoms with van der Waals surface area (Å²) in [7, 11) is 0. The molecule has 1 aromatic carbocycles. The van der Waals surface area contributed by atoms with Gasteiger partial charge in [-0.25, -0.2) is 0 Å². The normalized spacial score (nSPS) is 15.7. The number of allylic oxidation sites excluding steroid dienone is 1. The maximum atomic E-state index is 12.4. The lowest BCUT2D eigenvalue weighted by molar-refractivity contribution is -0.136. The average Bonchev–Trinajstić information content (AvgIpc) is 2.59. The first kappa shape index (κ1) is 19.9. The molecule has 6 nitrogen and oxygen atoms in total. The van der Waals surface area contributed by atoms with Crippen LogP contribution in [0.5, 0.6) is 0 Å². The third-order valence-corrected chi connectivity index (χ3v) is 3.68. The molecule has 4 atom stereocenters. The Kier molecular flexibility index (Phi) is 8.15. The third kappa shape index (κ3) is 5.79. The molecule has 0 heterocycles. The molecule has 0 radical (unpaired) electrons. The molecule has 1 rings (SSSR count). The van der Waals surface area contributed by atoms with Gasteiger partial charge in [0, 0.05) is 6.04 Å². The fourth-order valence-corrected chi connectivity index (χ4v) is 2.23. The molecule has 0 aliphatic carbocycles. The van der Waals surface area contributed by atoms with E-state index in [4.69, 9.17) is 5.11 Å². The summed E-state index contributed by atoms with van der Waals surface area (Å²) in [5, 5.41) is 24.6. The molecule has 0 fully saturated rings. The molecule has 0 saturated carbocycles. The van der Waals surface area contributed by atoms with Gasteiger partial charge in [-0.1, -0.05) is 36.4 Å². The number of rotatable bonds is 9. The fraction of sp³-hybridized carbons (Fsp3) is 0.444. The van der Waals surface area contributed by atoms with E-state index >= 15 is 0 Å². The number of hydrogen-bond acceptors (Lipinski definition) is 4. The highest BCUT2D eigenvalue weighted by Gasteiger charge is 2.28. The summed E-state index contributed by atoms with van der Waals surface area (Å²) in [6.07, 6.45) is 0.786. The Morgan fingerprint density at radius 2 is 1.75 bits per heavy atom. The molecule has 0 bridgehead atoms. The standard InChI is InChI=1S/C18H26N2O4/c1-4-8-15(17(23)19-12(2)11-21)18(24)20-13(3)16(22)14-9-6-5-7-10-14/h4-7,9-10,12-13,15-16,21-22H,1,8,11H2,2-3H3,(H,19,23)(H,20,24)/t12-,13-,15?,16-/m1/s1. The van der Waals surface area contributed by atoms with Crippen LogP contribution < -0.4 is 10.6 Å². The van der Waals surface area contributed by atoms with E-state index in [0.717, 1.165) is 0 Å². The van der Waals surface area contributed by atoms with Crippen LogP contribution in [-0.2, 0) is 9.59 Å². The Bertz CT molecular complexity index is 547. The zero-order chi connectivity index (χ0) is 18.1. The minimum atomic E-state index is -0.957. The van der Waals surface area contributed by atoms with Crippen molar-refractivity contribution < 1.29 is 19.8 Å².